The molecule has 0 bridgehead atoms. The molecule has 2 aromatic carbocycles. The van der Waals surface area contributed by atoms with E-state index in [1.165, 1.54) is 31.5 Å². The number of nitrogens with zero attached hydrogens (tertiary/aromatic N) is 3. The average Bonchev–Trinajstić information content (AvgIpc) is 2.74. The summed E-state index contributed by atoms with van der Waals surface area (Å²) in [6.45, 7) is 0. The molecule has 24 heavy (non-hydrogen) atoms. The van der Waals surface area contributed by atoms with Gasteiger partial charge in [-0.2, -0.15) is 0 Å². The van der Waals surface area contributed by atoms with Gasteiger partial charge in [0.05, 0.1) is 23.2 Å². The third-order valence-electron chi connectivity index (χ3n) is 3.34. The van der Waals surface area contributed by atoms with Crippen LogP contribution in [0.5, 0.6) is 5.75 Å². The molecule has 120 valence electrons. The third kappa shape index (κ3) is 2.98. The van der Waals surface area contributed by atoms with Crippen LogP contribution in [0.4, 0.5) is 17.2 Å². The zero-order valence-corrected chi connectivity index (χ0v) is 12.6. The van der Waals surface area contributed by atoms with Gasteiger partial charge in [0.25, 0.3) is 5.69 Å². The lowest BCUT2D eigenvalue weighted by atomic mass is 10.2. The molecule has 8 heteroatoms. The molecule has 0 fully saturated rings. The predicted molar refractivity (Wildman–Crippen MR) is 88.7 cm³/mol. The monoisotopic (exact) mass is 324 g/mol. The second-order valence-corrected chi connectivity index (χ2v) is 4.85. The number of non-ortho nitro benzene ring substituents is 1. The molecule has 0 atom stereocenters. The number of aromatic nitrogens is 2. The minimum atomic E-state index is -0.579. The van der Waals surface area contributed by atoms with E-state index in [4.69, 9.17) is 4.74 Å². The zero-order valence-electron chi connectivity index (χ0n) is 12.6. The number of nitro benzene ring substituents is 1. The molecule has 1 aromatic heterocycles. The first kappa shape index (κ1) is 15.3. The molecular weight excluding hydrogens is 312 g/mol. The maximum atomic E-state index is 12.2. The number of fused-ring (bicyclic) bond motifs is 1. The summed E-state index contributed by atoms with van der Waals surface area (Å²) in [6, 6.07) is 11.1. The second kappa shape index (κ2) is 6.29. The molecule has 0 saturated heterocycles. The minimum absolute atomic E-state index is 0.00152. The van der Waals surface area contributed by atoms with Crippen LogP contribution in [-0.4, -0.2) is 22.0 Å². The van der Waals surface area contributed by atoms with Gasteiger partial charge < -0.3 is 10.1 Å². The van der Waals surface area contributed by atoms with E-state index in [9.17, 15) is 14.9 Å². The fourth-order valence-electron chi connectivity index (χ4n) is 2.17. The molecule has 0 aliphatic heterocycles. The number of para-hydroxylation sites is 2. The highest BCUT2D eigenvalue weighted by Gasteiger charge is 2.10. The Balaban J connectivity index is 2.09. The van der Waals surface area contributed by atoms with Gasteiger partial charge in [-0.3, -0.25) is 14.9 Å². The number of nitro groups is 1. The van der Waals surface area contributed by atoms with Crippen molar-refractivity contribution in [2.75, 3.05) is 12.4 Å². The summed E-state index contributed by atoms with van der Waals surface area (Å²) >= 11 is 0. The summed E-state index contributed by atoms with van der Waals surface area (Å²) in [5, 5.41) is 14.1. The van der Waals surface area contributed by atoms with Gasteiger partial charge in [0.2, 0.25) is 0 Å². The Kier molecular flexibility index (Phi) is 4.02. The van der Waals surface area contributed by atoms with Crippen molar-refractivity contribution in [2.45, 2.75) is 0 Å². The van der Waals surface area contributed by atoms with Crippen molar-refractivity contribution in [1.82, 2.24) is 9.97 Å². The SMILES string of the molecule is COc1ccccc1Nc1ncc2cc([N+](=O)[O-])ccc2nc1=O. The van der Waals surface area contributed by atoms with Crippen LogP contribution in [0.2, 0.25) is 0 Å². The summed E-state index contributed by atoms with van der Waals surface area (Å²) in [5.41, 5.74) is 0.215. The van der Waals surface area contributed by atoms with E-state index in [-0.39, 0.29) is 11.5 Å². The van der Waals surface area contributed by atoms with Crippen molar-refractivity contribution >= 4 is 28.1 Å². The van der Waals surface area contributed by atoms with Crippen molar-refractivity contribution < 1.29 is 9.66 Å². The predicted octanol–water partition coefficient (Wildman–Crippen LogP) is 2.65. The van der Waals surface area contributed by atoms with Gasteiger partial charge in [0, 0.05) is 23.7 Å². The molecule has 8 nitrogen and oxygen atoms in total. The number of ether oxygens (including phenoxy) is 1. The normalized spacial score (nSPS) is 10.4. The summed E-state index contributed by atoms with van der Waals surface area (Å²) in [5.74, 6) is 0.545. The molecule has 0 aliphatic carbocycles. The van der Waals surface area contributed by atoms with Crippen LogP contribution < -0.4 is 15.6 Å². The van der Waals surface area contributed by atoms with E-state index < -0.39 is 10.5 Å². The quantitative estimate of drug-likeness (QED) is 0.580. The highest BCUT2D eigenvalue weighted by Crippen LogP contribution is 2.25. The van der Waals surface area contributed by atoms with Crippen molar-refractivity contribution in [1.29, 1.82) is 0 Å². The lowest BCUT2D eigenvalue weighted by Gasteiger charge is -2.08. The van der Waals surface area contributed by atoms with E-state index in [2.05, 4.69) is 15.3 Å². The number of rotatable bonds is 4. The summed E-state index contributed by atoms with van der Waals surface area (Å²) in [4.78, 5) is 30.6. The van der Waals surface area contributed by atoms with Gasteiger partial charge in [-0.1, -0.05) is 12.1 Å². The fourth-order valence-corrected chi connectivity index (χ4v) is 2.17. The third-order valence-corrected chi connectivity index (χ3v) is 3.34. The lowest BCUT2D eigenvalue weighted by Crippen LogP contribution is -2.10. The maximum Gasteiger partial charge on any atom is 0.313 e. The van der Waals surface area contributed by atoms with Gasteiger partial charge in [-0.15, -0.1) is 0 Å². The van der Waals surface area contributed by atoms with E-state index in [0.29, 0.717) is 22.3 Å². The van der Waals surface area contributed by atoms with Crippen molar-refractivity contribution in [3.63, 3.8) is 0 Å². The highest BCUT2D eigenvalue weighted by molar-refractivity contribution is 5.80. The highest BCUT2D eigenvalue weighted by atomic mass is 16.6. The molecule has 0 unspecified atom stereocenters. The second-order valence-electron chi connectivity index (χ2n) is 4.85. The number of hydrogen-bond donors (Lipinski definition) is 1. The van der Waals surface area contributed by atoms with Crippen LogP contribution in [0.25, 0.3) is 10.9 Å². The number of benzene rings is 2. The van der Waals surface area contributed by atoms with Crippen LogP contribution in [0.1, 0.15) is 0 Å². The Labute approximate surface area is 135 Å². The van der Waals surface area contributed by atoms with E-state index in [1.807, 2.05) is 0 Å². The molecule has 3 aromatic rings. The Bertz CT molecular complexity index is 991. The van der Waals surface area contributed by atoms with Crippen molar-refractivity contribution in [3.8, 4) is 5.75 Å². The molecule has 1 heterocycles. The Morgan fingerprint density at radius 1 is 1.21 bits per heavy atom. The average molecular weight is 324 g/mol. The smallest absolute Gasteiger partial charge is 0.313 e. The first-order valence-electron chi connectivity index (χ1n) is 6.94. The fraction of sp³-hybridized carbons (Fsp3) is 0.0625. The number of methoxy groups -OCH3 is 1. The van der Waals surface area contributed by atoms with Crippen LogP contribution in [0, 0.1) is 10.1 Å². The molecule has 3 rings (SSSR count). The number of hydrogen-bond acceptors (Lipinski definition) is 7. The first-order chi connectivity index (χ1) is 11.6. The van der Waals surface area contributed by atoms with Crippen molar-refractivity contribution in [3.05, 3.63) is 69.1 Å². The maximum absolute atomic E-state index is 12.2. The molecule has 0 aliphatic rings. The van der Waals surface area contributed by atoms with E-state index in [0.717, 1.165) is 0 Å². The zero-order chi connectivity index (χ0) is 17.1. The Morgan fingerprint density at radius 2 is 2.00 bits per heavy atom. The number of nitrogens with one attached hydrogen (secondary N) is 1. The van der Waals surface area contributed by atoms with Gasteiger partial charge >= 0.3 is 5.56 Å². The molecule has 0 spiro atoms. The van der Waals surface area contributed by atoms with Crippen LogP contribution in [0.3, 0.4) is 0 Å². The first-order valence-corrected chi connectivity index (χ1v) is 6.94. The summed E-state index contributed by atoms with van der Waals surface area (Å²) in [7, 11) is 1.52. The molecule has 0 saturated carbocycles. The molecule has 0 radical (unpaired) electrons. The number of anilines is 2. The van der Waals surface area contributed by atoms with Crippen LogP contribution in [-0.2, 0) is 0 Å². The minimum Gasteiger partial charge on any atom is -0.495 e. The Morgan fingerprint density at radius 3 is 2.75 bits per heavy atom. The summed E-state index contributed by atoms with van der Waals surface area (Å²) < 4.78 is 5.21. The van der Waals surface area contributed by atoms with Crippen LogP contribution >= 0.6 is 0 Å². The topological polar surface area (TPSA) is 107 Å². The molecular formula is C16H12N4O4. The van der Waals surface area contributed by atoms with Gasteiger partial charge in [0.15, 0.2) is 5.82 Å². The Hall–Kier alpha value is -3.55. The standard InChI is InChI=1S/C16H12N4O4/c1-24-14-5-3-2-4-13(14)18-15-16(21)19-12-7-6-11(20(22)23)8-10(12)9-17-15/h2-9H,1H3,(H,17,18,19,21). The molecule has 1 N–H and O–H groups in total. The van der Waals surface area contributed by atoms with Gasteiger partial charge in [-0.05, 0) is 18.2 Å². The van der Waals surface area contributed by atoms with Gasteiger partial charge in [-0.25, -0.2) is 9.97 Å². The van der Waals surface area contributed by atoms with Crippen molar-refractivity contribution in [2.24, 2.45) is 0 Å². The van der Waals surface area contributed by atoms with Crippen LogP contribution in [0.15, 0.2) is 53.5 Å². The van der Waals surface area contributed by atoms with E-state index in [1.54, 1.807) is 24.3 Å². The lowest BCUT2D eigenvalue weighted by molar-refractivity contribution is -0.384. The summed E-state index contributed by atoms with van der Waals surface area (Å²) in [6.07, 6.45) is 1.37. The largest absolute Gasteiger partial charge is 0.495 e. The molecule has 0 amide bonds. The van der Waals surface area contributed by atoms with Gasteiger partial charge in [0.1, 0.15) is 5.75 Å². The van der Waals surface area contributed by atoms with E-state index >= 15 is 0 Å².